The molecule has 0 aliphatic carbocycles. The van der Waals surface area contributed by atoms with Gasteiger partial charge in [0.05, 0.1) is 24.8 Å². The topological polar surface area (TPSA) is 96.3 Å². The SMILES string of the molecule is CCOc1ccc(N2C(=O)C(O)=C(C(=O)CCc3ccccc3)C2c2ccc(O)cc2)cc1OCC. The van der Waals surface area contributed by atoms with Crippen molar-refractivity contribution in [1.29, 1.82) is 0 Å². The van der Waals surface area contributed by atoms with E-state index in [4.69, 9.17) is 9.47 Å². The van der Waals surface area contributed by atoms with E-state index in [0.29, 0.717) is 42.4 Å². The highest BCUT2D eigenvalue weighted by molar-refractivity contribution is 6.16. The Labute approximate surface area is 210 Å². The van der Waals surface area contributed by atoms with Gasteiger partial charge in [0.15, 0.2) is 23.0 Å². The van der Waals surface area contributed by atoms with Gasteiger partial charge in [-0.15, -0.1) is 0 Å². The minimum Gasteiger partial charge on any atom is -0.508 e. The van der Waals surface area contributed by atoms with Gasteiger partial charge in [0.25, 0.3) is 5.91 Å². The normalized spacial score (nSPS) is 15.3. The number of rotatable bonds is 10. The highest BCUT2D eigenvalue weighted by Crippen LogP contribution is 2.44. The molecule has 1 heterocycles. The number of phenolic OH excluding ortho intramolecular Hbond substituents is 1. The fourth-order valence-electron chi connectivity index (χ4n) is 4.36. The van der Waals surface area contributed by atoms with Crippen LogP contribution in [0.25, 0.3) is 0 Å². The Bertz CT molecular complexity index is 1270. The Morgan fingerprint density at radius 2 is 1.56 bits per heavy atom. The first kappa shape index (κ1) is 24.9. The summed E-state index contributed by atoms with van der Waals surface area (Å²) in [5.74, 6) is -0.522. The van der Waals surface area contributed by atoms with Crippen LogP contribution in [0, 0.1) is 0 Å². The first-order valence-corrected chi connectivity index (χ1v) is 12.0. The van der Waals surface area contributed by atoms with Gasteiger partial charge < -0.3 is 19.7 Å². The number of anilines is 1. The number of aliphatic hydroxyl groups excluding tert-OH is 1. The van der Waals surface area contributed by atoms with E-state index in [1.807, 2.05) is 44.2 Å². The molecule has 7 nitrogen and oxygen atoms in total. The average molecular weight is 488 g/mol. The molecule has 1 amide bonds. The lowest BCUT2D eigenvalue weighted by Crippen LogP contribution is -2.31. The number of aryl methyl sites for hydroxylation is 1. The number of aliphatic hydroxyl groups is 1. The lowest BCUT2D eigenvalue weighted by molar-refractivity contribution is -0.118. The molecule has 3 aromatic rings. The van der Waals surface area contributed by atoms with Crippen LogP contribution in [0.3, 0.4) is 0 Å². The maximum atomic E-state index is 13.4. The van der Waals surface area contributed by atoms with E-state index in [0.717, 1.165) is 5.56 Å². The summed E-state index contributed by atoms with van der Waals surface area (Å²) in [4.78, 5) is 28.2. The second-order valence-electron chi connectivity index (χ2n) is 8.34. The summed E-state index contributed by atoms with van der Waals surface area (Å²) in [6, 6.07) is 20.0. The van der Waals surface area contributed by atoms with E-state index in [-0.39, 0.29) is 23.5 Å². The number of amides is 1. The van der Waals surface area contributed by atoms with Crippen molar-refractivity contribution in [3.8, 4) is 17.2 Å². The van der Waals surface area contributed by atoms with Gasteiger partial charge in [-0.2, -0.15) is 0 Å². The Balaban J connectivity index is 1.74. The molecule has 1 aliphatic heterocycles. The number of nitrogens with zero attached hydrogens (tertiary/aromatic N) is 1. The Morgan fingerprint density at radius 1 is 0.889 bits per heavy atom. The molecule has 0 radical (unpaired) electrons. The predicted octanol–water partition coefficient (Wildman–Crippen LogP) is 5.29. The molecule has 0 spiro atoms. The molecule has 0 bridgehead atoms. The fraction of sp³-hybridized carbons (Fsp3) is 0.241. The molecule has 36 heavy (non-hydrogen) atoms. The Hall–Kier alpha value is -4.26. The van der Waals surface area contributed by atoms with Crippen LogP contribution in [0.5, 0.6) is 17.2 Å². The van der Waals surface area contributed by atoms with Gasteiger partial charge >= 0.3 is 0 Å². The van der Waals surface area contributed by atoms with Gasteiger partial charge in [-0.1, -0.05) is 42.5 Å². The molecule has 0 saturated heterocycles. The highest BCUT2D eigenvalue weighted by atomic mass is 16.5. The molecule has 0 fully saturated rings. The van der Waals surface area contributed by atoms with Crippen LogP contribution in [-0.4, -0.2) is 35.1 Å². The molecule has 1 atom stereocenters. The highest BCUT2D eigenvalue weighted by Gasteiger charge is 2.44. The van der Waals surface area contributed by atoms with Gasteiger partial charge in [-0.25, -0.2) is 0 Å². The second kappa shape index (κ2) is 11.0. The average Bonchev–Trinajstić information content (AvgIpc) is 3.15. The summed E-state index contributed by atoms with van der Waals surface area (Å²) < 4.78 is 11.4. The number of Topliss-reactive ketones (excluding diaryl/α,β-unsaturated/α-hetero) is 1. The molecule has 186 valence electrons. The van der Waals surface area contributed by atoms with Crippen LogP contribution in [0.2, 0.25) is 0 Å². The maximum Gasteiger partial charge on any atom is 0.294 e. The van der Waals surface area contributed by atoms with E-state index in [1.54, 1.807) is 30.3 Å². The van der Waals surface area contributed by atoms with Gasteiger partial charge in [-0.05, 0) is 55.7 Å². The monoisotopic (exact) mass is 487 g/mol. The Morgan fingerprint density at radius 3 is 2.22 bits per heavy atom. The molecule has 2 N–H and O–H groups in total. The van der Waals surface area contributed by atoms with Crippen LogP contribution in [0.1, 0.15) is 37.4 Å². The number of phenols is 1. The van der Waals surface area contributed by atoms with Crippen molar-refractivity contribution in [1.82, 2.24) is 0 Å². The van der Waals surface area contributed by atoms with E-state index in [2.05, 4.69) is 0 Å². The number of ketones is 1. The zero-order valence-electron chi connectivity index (χ0n) is 20.3. The van der Waals surface area contributed by atoms with Gasteiger partial charge in [-0.3, -0.25) is 14.5 Å². The number of carbonyl (C=O) groups is 2. The van der Waals surface area contributed by atoms with E-state index >= 15 is 0 Å². The lowest BCUT2D eigenvalue weighted by Gasteiger charge is -2.27. The number of hydrogen-bond donors (Lipinski definition) is 2. The summed E-state index contributed by atoms with van der Waals surface area (Å²) in [6.45, 7) is 4.55. The van der Waals surface area contributed by atoms with Gasteiger partial charge in [0.2, 0.25) is 0 Å². The summed E-state index contributed by atoms with van der Waals surface area (Å²) in [5, 5.41) is 20.7. The van der Waals surface area contributed by atoms with Crippen molar-refractivity contribution in [3.05, 3.63) is 95.3 Å². The third-order valence-corrected chi connectivity index (χ3v) is 6.01. The third kappa shape index (κ3) is 5.05. The van der Waals surface area contributed by atoms with E-state index in [9.17, 15) is 19.8 Å². The molecular formula is C29H29NO6. The molecule has 0 aromatic heterocycles. The summed E-state index contributed by atoms with van der Waals surface area (Å²) >= 11 is 0. The van der Waals surface area contributed by atoms with Crippen molar-refractivity contribution in [2.45, 2.75) is 32.7 Å². The number of hydrogen-bond acceptors (Lipinski definition) is 6. The van der Waals surface area contributed by atoms with E-state index < -0.39 is 17.7 Å². The number of aromatic hydroxyl groups is 1. The maximum absolute atomic E-state index is 13.4. The number of ether oxygens (including phenoxy) is 2. The molecule has 3 aromatic carbocycles. The van der Waals surface area contributed by atoms with Crippen LogP contribution in [-0.2, 0) is 16.0 Å². The second-order valence-corrected chi connectivity index (χ2v) is 8.34. The molecule has 7 heteroatoms. The van der Waals surface area contributed by atoms with Gasteiger partial charge in [0.1, 0.15) is 5.75 Å². The van der Waals surface area contributed by atoms with Crippen molar-refractivity contribution in [2.24, 2.45) is 0 Å². The zero-order chi connectivity index (χ0) is 25.7. The van der Waals surface area contributed by atoms with Crippen LogP contribution in [0.4, 0.5) is 5.69 Å². The lowest BCUT2D eigenvalue weighted by atomic mass is 9.93. The van der Waals surface area contributed by atoms with Crippen LogP contribution < -0.4 is 14.4 Å². The van der Waals surface area contributed by atoms with Crippen molar-refractivity contribution < 1.29 is 29.3 Å². The molecule has 4 rings (SSSR count). The third-order valence-electron chi connectivity index (χ3n) is 6.01. The summed E-state index contributed by atoms with van der Waals surface area (Å²) in [6.07, 6.45) is 0.608. The van der Waals surface area contributed by atoms with E-state index in [1.165, 1.54) is 17.0 Å². The minimum atomic E-state index is -0.867. The standard InChI is InChI=1S/C29H29NO6/c1-3-35-24-17-13-21(18-25(24)36-4-2)30-27(20-11-14-22(31)15-12-20)26(28(33)29(30)34)23(32)16-10-19-8-6-5-7-9-19/h5-9,11-15,17-18,27,31,33H,3-4,10,16H2,1-2H3. The largest absolute Gasteiger partial charge is 0.508 e. The smallest absolute Gasteiger partial charge is 0.294 e. The van der Waals surface area contributed by atoms with Crippen molar-refractivity contribution in [2.75, 3.05) is 18.1 Å². The Kier molecular flexibility index (Phi) is 7.59. The van der Waals surface area contributed by atoms with Gasteiger partial charge in [0, 0.05) is 18.2 Å². The minimum absolute atomic E-state index is 0.0356. The molecule has 1 aliphatic rings. The molecule has 0 saturated carbocycles. The van der Waals surface area contributed by atoms with Crippen LogP contribution >= 0.6 is 0 Å². The zero-order valence-corrected chi connectivity index (χ0v) is 20.3. The molecular weight excluding hydrogens is 458 g/mol. The number of benzene rings is 3. The number of carbonyl (C=O) groups excluding carboxylic acids is 2. The molecule has 1 unspecified atom stereocenters. The quantitative estimate of drug-likeness (QED) is 0.403. The van der Waals surface area contributed by atoms with Crippen LogP contribution in [0.15, 0.2) is 84.1 Å². The summed E-state index contributed by atoms with van der Waals surface area (Å²) in [5.41, 5.74) is 2.05. The van der Waals surface area contributed by atoms with Crippen molar-refractivity contribution in [3.63, 3.8) is 0 Å². The first-order valence-electron chi connectivity index (χ1n) is 12.0. The van der Waals surface area contributed by atoms with Crippen molar-refractivity contribution >= 4 is 17.4 Å². The first-order chi connectivity index (χ1) is 17.4. The predicted molar refractivity (Wildman–Crippen MR) is 137 cm³/mol. The fourth-order valence-corrected chi connectivity index (χ4v) is 4.36. The summed E-state index contributed by atoms with van der Waals surface area (Å²) in [7, 11) is 0.